The second-order valence-corrected chi connectivity index (χ2v) is 4.42. The highest BCUT2D eigenvalue weighted by Crippen LogP contribution is 2.12. The van der Waals surface area contributed by atoms with E-state index in [4.69, 9.17) is 10.8 Å². The first-order chi connectivity index (χ1) is 7.42. The van der Waals surface area contributed by atoms with Gasteiger partial charge in [0, 0.05) is 5.69 Å². The molecule has 86 valence electrons. The number of carbonyl (C=O) groups is 1. The lowest BCUT2D eigenvalue weighted by Crippen LogP contribution is -2.19. The monoisotopic (exact) mass is 243 g/mol. The van der Waals surface area contributed by atoms with Gasteiger partial charge in [0.2, 0.25) is 0 Å². The molecule has 16 heavy (non-hydrogen) atoms. The van der Waals surface area contributed by atoms with Gasteiger partial charge in [0.05, 0.1) is 4.90 Å². The minimum Gasteiger partial charge on any atom is -0.477 e. The number of benzene rings is 1. The highest BCUT2D eigenvalue weighted by molar-refractivity contribution is 7.89. The van der Waals surface area contributed by atoms with Crippen molar-refractivity contribution in [2.24, 2.45) is 5.10 Å². The number of nitrogens with two attached hydrogens (primary N) is 1. The predicted octanol–water partition coefficient (Wildman–Crippen LogP) is -0.383. The van der Waals surface area contributed by atoms with Gasteiger partial charge in [-0.25, -0.2) is 4.79 Å². The van der Waals surface area contributed by atoms with Gasteiger partial charge in [0.25, 0.3) is 10.0 Å². The minimum atomic E-state index is -3.87. The smallest absolute Gasteiger partial charge is 0.348 e. The van der Waals surface area contributed by atoms with Crippen molar-refractivity contribution in [1.29, 1.82) is 0 Å². The van der Waals surface area contributed by atoms with Gasteiger partial charge in [0.1, 0.15) is 6.21 Å². The fourth-order valence-corrected chi connectivity index (χ4v) is 1.73. The number of nitrogens with zero attached hydrogens (tertiary/aromatic N) is 1. The first-order valence-electron chi connectivity index (χ1n) is 4.05. The molecular formula is C8H9N3O4S. The third kappa shape index (κ3) is 3.24. The molecule has 0 unspecified atom stereocenters. The van der Waals surface area contributed by atoms with Crippen LogP contribution in [0.25, 0.3) is 0 Å². The Morgan fingerprint density at radius 1 is 1.50 bits per heavy atom. The molecule has 0 fully saturated rings. The van der Waals surface area contributed by atoms with Crippen molar-refractivity contribution in [3.05, 3.63) is 24.3 Å². The molecule has 0 saturated carbocycles. The first kappa shape index (κ1) is 12.0. The number of nitrogens with one attached hydrogen (secondary N) is 1. The number of aliphatic carboxylic acids is 1. The Labute approximate surface area is 91.6 Å². The van der Waals surface area contributed by atoms with Crippen LogP contribution < -0.4 is 10.6 Å². The van der Waals surface area contributed by atoms with Crippen LogP contribution in [0.3, 0.4) is 0 Å². The van der Waals surface area contributed by atoms with Crippen LogP contribution in [0.5, 0.6) is 0 Å². The third-order valence-corrected chi connectivity index (χ3v) is 2.74. The van der Waals surface area contributed by atoms with Crippen molar-refractivity contribution in [2.75, 3.05) is 5.73 Å². The highest BCUT2D eigenvalue weighted by atomic mass is 32.2. The molecule has 1 rings (SSSR count). The Kier molecular flexibility index (Phi) is 3.46. The van der Waals surface area contributed by atoms with E-state index in [1.807, 2.05) is 0 Å². The lowest BCUT2D eigenvalue weighted by Gasteiger charge is -2.03. The average Bonchev–Trinajstić information content (AvgIpc) is 2.16. The van der Waals surface area contributed by atoms with Crippen LogP contribution in [0.4, 0.5) is 5.69 Å². The van der Waals surface area contributed by atoms with E-state index in [-0.39, 0.29) is 10.6 Å². The highest BCUT2D eigenvalue weighted by Gasteiger charge is 2.12. The molecule has 0 aromatic heterocycles. The van der Waals surface area contributed by atoms with E-state index in [1.165, 1.54) is 24.3 Å². The molecule has 1 aromatic carbocycles. The maximum atomic E-state index is 11.5. The zero-order valence-corrected chi connectivity index (χ0v) is 8.81. The molecule has 0 aliphatic heterocycles. The van der Waals surface area contributed by atoms with Crippen LogP contribution in [-0.2, 0) is 14.8 Å². The summed E-state index contributed by atoms with van der Waals surface area (Å²) in [5.41, 5.74) is 5.69. The number of hydrogen-bond acceptors (Lipinski definition) is 5. The second kappa shape index (κ2) is 4.62. The number of carboxylic acid groups (broad SMARTS) is 1. The summed E-state index contributed by atoms with van der Waals surface area (Å²) in [7, 11) is -3.87. The topological polar surface area (TPSA) is 122 Å². The van der Waals surface area contributed by atoms with Crippen molar-refractivity contribution >= 4 is 27.9 Å². The predicted molar refractivity (Wildman–Crippen MR) is 57.3 cm³/mol. The number of hydrazone groups is 1. The fourth-order valence-electron chi connectivity index (χ4n) is 0.885. The van der Waals surface area contributed by atoms with Crippen molar-refractivity contribution in [3.63, 3.8) is 0 Å². The Morgan fingerprint density at radius 3 is 2.75 bits per heavy atom. The van der Waals surface area contributed by atoms with Crippen LogP contribution in [0.15, 0.2) is 34.3 Å². The average molecular weight is 243 g/mol. The SMILES string of the molecule is Nc1cccc(S(=O)(=O)NN=CC(=O)O)c1. The van der Waals surface area contributed by atoms with Gasteiger partial charge in [-0.15, -0.1) is 0 Å². The van der Waals surface area contributed by atoms with Gasteiger partial charge >= 0.3 is 5.97 Å². The number of hydrogen-bond donors (Lipinski definition) is 3. The van der Waals surface area contributed by atoms with Crippen LogP contribution in [-0.4, -0.2) is 25.7 Å². The molecule has 0 aliphatic rings. The molecule has 1 aromatic rings. The number of anilines is 1. The summed E-state index contributed by atoms with van der Waals surface area (Å²) in [6.45, 7) is 0. The molecule has 8 heteroatoms. The lowest BCUT2D eigenvalue weighted by molar-refractivity contribution is -0.128. The molecule has 0 heterocycles. The third-order valence-electron chi connectivity index (χ3n) is 1.52. The Bertz CT molecular complexity index is 524. The van der Waals surface area contributed by atoms with Crippen LogP contribution >= 0.6 is 0 Å². The number of carboxylic acids is 1. The summed E-state index contributed by atoms with van der Waals surface area (Å²) in [4.78, 5) is 11.7. The van der Waals surface area contributed by atoms with E-state index in [0.29, 0.717) is 6.21 Å². The largest absolute Gasteiger partial charge is 0.477 e. The number of nitrogen functional groups attached to an aromatic ring is 1. The molecule has 7 nitrogen and oxygen atoms in total. The quantitative estimate of drug-likeness (QED) is 0.378. The lowest BCUT2D eigenvalue weighted by atomic mass is 10.3. The summed E-state index contributed by atoms with van der Waals surface area (Å²) in [6, 6.07) is 5.54. The summed E-state index contributed by atoms with van der Waals surface area (Å²) in [5.74, 6) is -1.35. The zero-order valence-electron chi connectivity index (χ0n) is 7.99. The molecule has 0 saturated heterocycles. The standard InChI is InChI=1S/C8H9N3O4S/c9-6-2-1-3-7(4-6)16(14,15)11-10-5-8(12)13/h1-5,11H,9H2,(H,12,13). The Morgan fingerprint density at radius 2 is 2.19 bits per heavy atom. The minimum absolute atomic E-state index is 0.0879. The molecule has 0 bridgehead atoms. The van der Waals surface area contributed by atoms with Gasteiger partial charge in [-0.1, -0.05) is 6.07 Å². The molecule has 0 aliphatic carbocycles. The molecular weight excluding hydrogens is 234 g/mol. The second-order valence-electron chi connectivity index (χ2n) is 2.76. The van der Waals surface area contributed by atoms with Crippen LogP contribution in [0.2, 0.25) is 0 Å². The summed E-state index contributed by atoms with van der Waals surface area (Å²) >= 11 is 0. The van der Waals surface area contributed by atoms with Crippen LogP contribution in [0.1, 0.15) is 0 Å². The first-order valence-corrected chi connectivity index (χ1v) is 5.53. The maximum Gasteiger partial charge on any atom is 0.348 e. The van der Waals surface area contributed by atoms with Gasteiger partial charge in [-0.05, 0) is 18.2 Å². The number of rotatable bonds is 4. The van der Waals surface area contributed by atoms with E-state index >= 15 is 0 Å². The molecule has 0 atom stereocenters. The van der Waals surface area contributed by atoms with E-state index in [0.717, 1.165) is 0 Å². The van der Waals surface area contributed by atoms with E-state index in [9.17, 15) is 13.2 Å². The van der Waals surface area contributed by atoms with Crippen LogP contribution in [0, 0.1) is 0 Å². The maximum absolute atomic E-state index is 11.5. The summed E-state index contributed by atoms with van der Waals surface area (Å²) < 4.78 is 23.0. The van der Waals surface area contributed by atoms with Crippen molar-refractivity contribution in [2.45, 2.75) is 4.90 Å². The molecule has 0 radical (unpaired) electrons. The molecule has 0 amide bonds. The van der Waals surface area contributed by atoms with Gasteiger partial charge < -0.3 is 10.8 Å². The van der Waals surface area contributed by atoms with Gasteiger partial charge in [-0.2, -0.15) is 18.4 Å². The van der Waals surface area contributed by atoms with E-state index in [2.05, 4.69) is 5.10 Å². The fraction of sp³-hybridized carbons (Fsp3) is 0. The van der Waals surface area contributed by atoms with E-state index < -0.39 is 16.0 Å². The number of sulfonamides is 1. The molecule has 0 spiro atoms. The summed E-state index contributed by atoms with van der Waals surface area (Å²) in [5, 5.41) is 11.3. The van der Waals surface area contributed by atoms with Gasteiger partial charge in [-0.3, -0.25) is 0 Å². The normalized spacial score (nSPS) is 11.5. The Hall–Kier alpha value is -2.09. The molecule has 4 N–H and O–H groups in total. The van der Waals surface area contributed by atoms with Crippen molar-refractivity contribution < 1.29 is 18.3 Å². The summed E-state index contributed by atoms with van der Waals surface area (Å²) in [6.07, 6.45) is 0.434. The zero-order chi connectivity index (χ0) is 12.2. The van der Waals surface area contributed by atoms with Crippen molar-refractivity contribution in [3.8, 4) is 0 Å². The van der Waals surface area contributed by atoms with E-state index in [1.54, 1.807) is 4.83 Å². The van der Waals surface area contributed by atoms with Crippen molar-refractivity contribution in [1.82, 2.24) is 4.83 Å². The van der Waals surface area contributed by atoms with Gasteiger partial charge in [0.15, 0.2) is 0 Å². The Balaban J connectivity index is 2.91.